The van der Waals surface area contributed by atoms with Gasteiger partial charge in [0.1, 0.15) is 5.82 Å². The fourth-order valence-electron chi connectivity index (χ4n) is 5.75. The SMILES string of the molecule is Cc1nc(-c2ccc(-c3ccc4cnccc4c3)cc2)nc(-c2ccc(-c3ccc4cc5ccccc5cc4c3)cc2)n1. The predicted octanol–water partition coefficient (Wildman–Crippen LogP) is 9.70. The quantitative estimate of drug-likeness (QED) is 0.205. The monoisotopic (exact) mass is 550 g/mol. The van der Waals surface area contributed by atoms with E-state index in [-0.39, 0.29) is 0 Å². The molecule has 0 aliphatic carbocycles. The Labute approximate surface area is 249 Å². The van der Waals surface area contributed by atoms with Gasteiger partial charge in [0.25, 0.3) is 0 Å². The fourth-order valence-corrected chi connectivity index (χ4v) is 5.75. The highest BCUT2D eigenvalue weighted by Gasteiger charge is 2.10. The molecule has 4 nitrogen and oxygen atoms in total. The molecule has 0 radical (unpaired) electrons. The van der Waals surface area contributed by atoms with Crippen molar-refractivity contribution in [2.45, 2.75) is 6.92 Å². The zero-order chi connectivity index (χ0) is 28.8. The Balaban J connectivity index is 1.08. The van der Waals surface area contributed by atoms with Crippen LogP contribution in [0.5, 0.6) is 0 Å². The van der Waals surface area contributed by atoms with Crippen LogP contribution in [0.1, 0.15) is 5.82 Å². The third-order valence-corrected chi connectivity index (χ3v) is 8.05. The lowest BCUT2D eigenvalue weighted by atomic mass is 9.98. The maximum absolute atomic E-state index is 4.86. The molecule has 4 heteroatoms. The van der Waals surface area contributed by atoms with Crippen LogP contribution in [-0.4, -0.2) is 19.9 Å². The average Bonchev–Trinajstić information content (AvgIpc) is 3.07. The number of nitrogens with zero attached hydrogens (tertiary/aromatic N) is 4. The molecule has 0 aliphatic rings. The van der Waals surface area contributed by atoms with Crippen molar-refractivity contribution in [2.24, 2.45) is 0 Å². The van der Waals surface area contributed by atoms with Crippen molar-refractivity contribution in [2.75, 3.05) is 0 Å². The summed E-state index contributed by atoms with van der Waals surface area (Å²) in [5.74, 6) is 2.04. The van der Waals surface area contributed by atoms with Gasteiger partial charge in [-0.2, -0.15) is 0 Å². The van der Waals surface area contributed by atoms with Crippen LogP contribution in [0.3, 0.4) is 0 Å². The normalized spacial score (nSPS) is 11.4. The molecule has 43 heavy (non-hydrogen) atoms. The summed E-state index contributed by atoms with van der Waals surface area (Å²) in [4.78, 5) is 18.4. The van der Waals surface area contributed by atoms with E-state index in [2.05, 4.69) is 136 Å². The summed E-state index contributed by atoms with van der Waals surface area (Å²) < 4.78 is 0. The van der Waals surface area contributed by atoms with Gasteiger partial charge in [-0.15, -0.1) is 0 Å². The molecule has 0 bridgehead atoms. The second-order valence-corrected chi connectivity index (χ2v) is 10.9. The largest absolute Gasteiger partial charge is 0.264 e. The molecule has 0 fully saturated rings. The van der Waals surface area contributed by atoms with E-state index in [9.17, 15) is 0 Å². The molecule has 8 aromatic rings. The van der Waals surface area contributed by atoms with Crippen LogP contribution in [0, 0.1) is 6.92 Å². The Hall–Kier alpha value is -5.74. The molecule has 0 atom stereocenters. The van der Waals surface area contributed by atoms with Gasteiger partial charge in [0.05, 0.1) is 0 Å². The van der Waals surface area contributed by atoms with Crippen LogP contribution in [0.25, 0.3) is 77.3 Å². The first kappa shape index (κ1) is 25.0. The summed E-state index contributed by atoms with van der Waals surface area (Å²) in [5.41, 5.74) is 6.57. The summed E-state index contributed by atoms with van der Waals surface area (Å²) >= 11 is 0. The van der Waals surface area contributed by atoms with E-state index in [1.165, 1.54) is 32.5 Å². The number of aromatic nitrogens is 4. The molecular formula is C39H26N4. The molecule has 0 unspecified atom stereocenters. The maximum atomic E-state index is 4.86. The van der Waals surface area contributed by atoms with E-state index in [0.717, 1.165) is 33.2 Å². The number of hydrogen-bond donors (Lipinski definition) is 0. The van der Waals surface area contributed by atoms with Crippen molar-refractivity contribution in [3.63, 3.8) is 0 Å². The molecular weight excluding hydrogens is 524 g/mol. The Morgan fingerprint density at radius 2 is 0.837 bits per heavy atom. The highest BCUT2D eigenvalue weighted by molar-refractivity contribution is 5.99. The molecule has 202 valence electrons. The van der Waals surface area contributed by atoms with Gasteiger partial charge < -0.3 is 0 Å². The van der Waals surface area contributed by atoms with Crippen LogP contribution >= 0.6 is 0 Å². The topological polar surface area (TPSA) is 51.6 Å². The molecule has 0 aliphatic heterocycles. The Kier molecular flexibility index (Phi) is 5.97. The van der Waals surface area contributed by atoms with E-state index in [1.807, 2.05) is 25.4 Å². The highest BCUT2D eigenvalue weighted by atomic mass is 15.0. The summed E-state index contributed by atoms with van der Waals surface area (Å²) in [6.07, 6.45) is 3.72. The van der Waals surface area contributed by atoms with E-state index < -0.39 is 0 Å². The standard InChI is InChI=1S/C39H26N4/c1-25-41-38(28-10-6-26(7-11-28)32-16-17-36-24-40-19-18-35(36)21-32)43-39(42-25)29-12-8-27(9-13-29)33-14-15-34-20-30-4-2-3-5-31(30)22-37(34)23-33/h2-24H,1H3. The zero-order valence-corrected chi connectivity index (χ0v) is 23.6. The molecule has 2 aromatic heterocycles. The minimum atomic E-state index is 0.671. The smallest absolute Gasteiger partial charge is 0.163 e. The summed E-state index contributed by atoms with van der Waals surface area (Å²) in [5, 5.41) is 7.31. The van der Waals surface area contributed by atoms with Crippen LogP contribution in [-0.2, 0) is 0 Å². The van der Waals surface area contributed by atoms with E-state index in [0.29, 0.717) is 17.5 Å². The van der Waals surface area contributed by atoms with E-state index in [4.69, 9.17) is 4.98 Å². The first-order valence-electron chi connectivity index (χ1n) is 14.4. The molecule has 0 spiro atoms. The first-order valence-corrected chi connectivity index (χ1v) is 14.4. The molecule has 8 rings (SSSR count). The summed E-state index contributed by atoms with van der Waals surface area (Å²) in [7, 11) is 0. The van der Waals surface area contributed by atoms with Gasteiger partial charge in [0, 0.05) is 28.9 Å². The van der Waals surface area contributed by atoms with Crippen LogP contribution in [0.4, 0.5) is 0 Å². The van der Waals surface area contributed by atoms with Gasteiger partial charge in [0.2, 0.25) is 0 Å². The van der Waals surface area contributed by atoms with Crippen LogP contribution in [0.15, 0.2) is 140 Å². The van der Waals surface area contributed by atoms with Crippen molar-refractivity contribution < 1.29 is 0 Å². The summed E-state index contributed by atoms with van der Waals surface area (Å²) in [6.45, 7) is 1.92. The Morgan fingerprint density at radius 1 is 0.372 bits per heavy atom. The second kappa shape index (κ2) is 10.3. The second-order valence-electron chi connectivity index (χ2n) is 10.9. The number of pyridine rings is 1. The fraction of sp³-hybridized carbons (Fsp3) is 0.0256. The molecule has 2 heterocycles. The number of hydrogen-bond acceptors (Lipinski definition) is 4. The third-order valence-electron chi connectivity index (χ3n) is 8.05. The highest BCUT2D eigenvalue weighted by Crippen LogP contribution is 2.30. The summed E-state index contributed by atoms with van der Waals surface area (Å²) in [6, 6.07) is 45.0. The van der Waals surface area contributed by atoms with Crippen molar-refractivity contribution in [3.8, 4) is 45.0 Å². The van der Waals surface area contributed by atoms with Crippen molar-refractivity contribution in [3.05, 3.63) is 146 Å². The lowest BCUT2D eigenvalue weighted by molar-refractivity contribution is 0.992. The molecule has 0 saturated heterocycles. The van der Waals surface area contributed by atoms with Gasteiger partial charge in [-0.1, -0.05) is 97.1 Å². The van der Waals surface area contributed by atoms with Gasteiger partial charge >= 0.3 is 0 Å². The van der Waals surface area contributed by atoms with Crippen molar-refractivity contribution in [1.82, 2.24) is 19.9 Å². The maximum Gasteiger partial charge on any atom is 0.163 e. The Morgan fingerprint density at radius 3 is 1.47 bits per heavy atom. The molecule has 6 aromatic carbocycles. The zero-order valence-electron chi connectivity index (χ0n) is 23.6. The lowest BCUT2D eigenvalue weighted by Crippen LogP contribution is -1.99. The molecule has 0 saturated carbocycles. The Bertz CT molecular complexity index is 2290. The molecule has 0 N–H and O–H groups in total. The number of benzene rings is 6. The van der Waals surface area contributed by atoms with Gasteiger partial charge in [-0.05, 0) is 86.4 Å². The van der Waals surface area contributed by atoms with Crippen LogP contribution < -0.4 is 0 Å². The first-order chi connectivity index (χ1) is 21.2. The van der Waals surface area contributed by atoms with Gasteiger partial charge in [-0.25, -0.2) is 15.0 Å². The van der Waals surface area contributed by atoms with Gasteiger partial charge in [0.15, 0.2) is 11.6 Å². The van der Waals surface area contributed by atoms with Gasteiger partial charge in [-0.3, -0.25) is 4.98 Å². The van der Waals surface area contributed by atoms with Crippen molar-refractivity contribution >= 4 is 32.3 Å². The minimum absolute atomic E-state index is 0.671. The molecule has 0 amide bonds. The number of fused-ring (bicyclic) bond motifs is 3. The van der Waals surface area contributed by atoms with E-state index >= 15 is 0 Å². The average molecular weight is 551 g/mol. The van der Waals surface area contributed by atoms with Crippen molar-refractivity contribution in [1.29, 1.82) is 0 Å². The lowest BCUT2D eigenvalue weighted by Gasteiger charge is -2.09. The number of rotatable bonds is 4. The minimum Gasteiger partial charge on any atom is -0.264 e. The number of aryl methyl sites for hydroxylation is 1. The predicted molar refractivity (Wildman–Crippen MR) is 177 cm³/mol. The third kappa shape index (κ3) is 4.79. The van der Waals surface area contributed by atoms with E-state index in [1.54, 1.807) is 0 Å². The van der Waals surface area contributed by atoms with Crippen LogP contribution in [0.2, 0.25) is 0 Å².